The summed E-state index contributed by atoms with van der Waals surface area (Å²) in [6.07, 6.45) is 2.61. The molecule has 0 amide bonds. The molecule has 0 bridgehead atoms. The van der Waals surface area contributed by atoms with Gasteiger partial charge in [0, 0.05) is 13.1 Å². The van der Waals surface area contributed by atoms with Crippen molar-refractivity contribution in [3.05, 3.63) is 71.9 Å². The van der Waals surface area contributed by atoms with Crippen LogP contribution in [0.15, 0.2) is 70.6 Å². The van der Waals surface area contributed by atoms with E-state index < -0.39 is 37.1 Å². The molecule has 0 radical (unpaired) electrons. The van der Waals surface area contributed by atoms with Crippen LogP contribution in [0.25, 0.3) is 0 Å². The lowest BCUT2D eigenvalue weighted by molar-refractivity contribution is -0.142. The molecule has 0 fully saturated rings. The van der Waals surface area contributed by atoms with E-state index in [1.54, 1.807) is 24.3 Å². The predicted molar refractivity (Wildman–Crippen MR) is 117 cm³/mol. The molecule has 2 atom stereocenters. The number of hydrogen-bond acceptors (Lipinski definition) is 6. The van der Waals surface area contributed by atoms with Gasteiger partial charge in [0.2, 0.25) is 0 Å². The van der Waals surface area contributed by atoms with Crippen LogP contribution in [-0.2, 0) is 29.4 Å². The molecule has 0 saturated heterocycles. The van der Waals surface area contributed by atoms with E-state index in [4.69, 9.17) is 4.74 Å². The third-order valence-electron chi connectivity index (χ3n) is 5.14. The Balaban J connectivity index is 1.97. The Kier molecular flexibility index (Phi) is 6.56. The molecule has 0 aromatic heterocycles. The van der Waals surface area contributed by atoms with E-state index in [-0.39, 0.29) is 22.8 Å². The summed E-state index contributed by atoms with van der Waals surface area (Å²) < 4.78 is 58.8. The number of sulfone groups is 1. The summed E-state index contributed by atoms with van der Waals surface area (Å²) in [6.45, 7) is 4.68. The van der Waals surface area contributed by atoms with Crippen LogP contribution in [0.4, 0.5) is 0 Å². The van der Waals surface area contributed by atoms with Gasteiger partial charge in [-0.1, -0.05) is 35.4 Å². The van der Waals surface area contributed by atoms with Crippen LogP contribution in [0, 0.1) is 13.8 Å². The molecule has 166 valence electrons. The van der Waals surface area contributed by atoms with Gasteiger partial charge in [-0.3, -0.25) is 9.10 Å². The van der Waals surface area contributed by atoms with E-state index in [1.165, 1.54) is 43.5 Å². The van der Waals surface area contributed by atoms with Crippen LogP contribution in [0.5, 0.6) is 0 Å². The Morgan fingerprint density at radius 2 is 1.45 bits per heavy atom. The Labute approximate surface area is 183 Å². The van der Waals surface area contributed by atoms with Crippen molar-refractivity contribution in [2.75, 3.05) is 6.61 Å². The first kappa shape index (κ1) is 23.0. The third-order valence-corrected chi connectivity index (χ3v) is 9.05. The predicted octanol–water partition coefficient (Wildman–Crippen LogP) is 2.99. The molecule has 9 heteroatoms. The standard InChI is InChI=1S/C22H25NO6S2/c1-16-4-8-20(9-5-16)30(25,26)22-12-13-23(19(14-22)15-29-18(3)24)31(27,28)21-10-6-17(2)7-11-21/h4-13,19,22H,14-15H2,1-3H3/t19-,22-/m1/s1. The van der Waals surface area contributed by atoms with Crippen LogP contribution >= 0.6 is 0 Å². The molecule has 3 rings (SSSR count). The molecule has 1 aliphatic heterocycles. The number of nitrogens with zero attached hydrogens (tertiary/aromatic N) is 1. The summed E-state index contributed by atoms with van der Waals surface area (Å²) in [7, 11) is -7.69. The highest BCUT2D eigenvalue weighted by Gasteiger charge is 2.38. The highest BCUT2D eigenvalue weighted by molar-refractivity contribution is 7.92. The first-order valence-electron chi connectivity index (χ1n) is 9.74. The number of rotatable bonds is 6. The van der Waals surface area contributed by atoms with E-state index in [0.717, 1.165) is 15.4 Å². The van der Waals surface area contributed by atoms with Gasteiger partial charge in [-0.05, 0) is 50.6 Å². The lowest BCUT2D eigenvalue weighted by atomic mass is 10.1. The minimum atomic E-state index is -3.95. The zero-order valence-electron chi connectivity index (χ0n) is 17.6. The van der Waals surface area contributed by atoms with Crippen molar-refractivity contribution in [3.63, 3.8) is 0 Å². The van der Waals surface area contributed by atoms with Crippen molar-refractivity contribution in [1.29, 1.82) is 0 Å². The summed E-state index contributed by atoms with van der Waals surface area (Å²) in [6, 6.07) is 12.0. The van der Waals surface area contributed by atoms with Crippen molar-refractivity contribution in [2.24, 2.45) is 0 Å². The minimum Gasteiger partial charge on any atom is -0.464 e. The van der Waals surface area contributed by atoms with Crippen LogP contribution in [0.1, 0.15) is 24.5 Å². The molecule has 0 aliphatic carbocycles. The van der Waals surface area contributed by atoms with Gasteiger partial charge in [-0.15, -0.1) is 0 Å². The number of esters is 1. The number of carbonyl (C=O) groups is 1. The molecule has 0 saturated carbocycles. The number of sulfonamides is 1. The quantitative estimate of drug-likeness (QED) is 0.611. The van der Waals surface area contributed by atoms with E-state index in [2.05, 4.69) is 0 Å². The summed E-state index contributed by atoms with van der Waals surface area (Å²) in [5.74, 6) is -0.569. The smallest absolute Gasteiger partial charge is 0.302 e. The van der Waals surface area contributed by atoms with E-state index >= 15 is 0 Å². The number of carbonyl (C=O) groups excluding carboxylic acids is 1. The van der Waals surface area contributed by atoms with Crippen molar-refractivity contribution in [2.45, 2.75) is 48.3 Å². The molecule has 0 spiro atoms. The van der Waals surface area contributed by atoms with Crippen LogP contribution in [0.3, 0.4) is 0 Å². The van der Waals surface area contributed by atoms with E-state index in [9.17, 15) is 21.6 Å². The second-order valence-electron chi connectivity index (χ2n) is 7.58. The van der Waals surface area contributed by atoms with Crippen molar-refractivity contribution in [3.8, 4) is 0 Å². The summed E-state index contributed by atoms with van der Waals surface area (Å²) in [5, 5.41) is -0.944. The second kappa shape index (κ2) is 8.84. The number of hydrogen-bond donors (Lipinski definition) is 0. The number of ether oxygens (including phenoxy) is 1. The van der Waals surface area contributed by atoms with E-state index in [0.29, 0.717) is 0 Å². The Morgan fingerprint density at radius 3 is 1.97 bits per heavy atom. The normalized spacial score (nSPS) is 19.3. The zero-order valence-corrected chi connectivity index (χ0v) is 19.2. The van der Waals surface area contributed by atoms with Crippen LogP contribution in [-0.4, -0.2) is 45.0 Å². The lowest BCUT2D eigenvalue weighted by Crippen LogP contribution is -2.45. The maximum absolute atomic E-state index is 13.2. The van der Waals surface area contributed by atoms with Gasteiger partial charge in [-0.2, -0.15) is 0 Å². The zero-order chi connectivity index (χ0) is 22.8. The second-order valence-corrected chi connectivity index (χ2v) is 11.6. The van der Waals surface area contributed by atoms with Gasteiger partial charge in [0.1, 0.15) is 6.61 Å². The fourth-order valence-corrected chi connectivity index (χ4v) is 6.46. The SMILES string of the molecule is CC(=O)OC[C@H]1C[C@H](S(=O)(=O)c2ccc(C)cc2)C=CN1S(=O)(=O)c1ccc(C)cc1. The molecule has 31 heavy (non-hydrogen) atoms. The van der Waals surface area contributed by atoms with Gasteiger partial charge in [-0.25, -0.2) is 16.8 Å². The first-order chi connectivity index (χ1) is 14.5. The monoisotopic (exact) mass is 463 g/mol. The topological polar surface area (TPSA) is 97.8 Å². The highest BCUT2D eigenvalue weighted by atomic mass is 32.2. The minimum absolute atomic E-state index is 0.0366. The summed E-state index contributed by atoms with van der Waals surface area (Å²) >= 11 is 0. The maximum atomic E-state index is 13.2. The molecule has 1 aliphatic rings. The third kappa shape index (κ3) is 4.99. The van der Waals surface area contributed by atoms with Gasteiger partial charge in [0.05, 0.1) is 21.1 Å². The first-order valence-corrected chi connectivity index (χ1v) is 12.7. The van der Waals surface area contributed by atoms with Crippen molar-refractivity contribution < 1.29 is 26.4 Å². The molecule has 0 N–H and O–H groups in total. The van der Waals surface area contributed by atoms with Gasteiger partial charge >= 0.3 is 5.97 Å². The Bertz CT molecular complexity index is 1180. The molecule has 1 heterocycles. The molecule has 7 nitrogen and oxygen atoms in total. The fourth-order valence-electron chi connectivity index (χ4n) is 3.35. The molecule has 2 aromatic carbocycles. The lowest BCUT2D eigenvalue weighted by Gasteiger charge is -2.35. The summed E-state index contributed by atoms with van der Waals surface area (Å²) in [4.78, 5) is 11.6. The van der Waals surface area contributed by atoms with Gasteiger partial charge < -0.3 is 4.74 Å². The summed E-state index contributed by atoms with van der Waals surface area (Å²) in [5.41, 5.74) is 1.84. The average Bonchev–Trinajstić information content (AvgIpc) is 2.72. The number of benzene rings is 2. The van der Waals surface area contributed by atoms with Gasteiger partial charge in [0.15, 0.2) is 9.84 Å². The van der Waals surface area contributed by atoms with Crippen LogP contribution in [0.2, 0.25) is 0 Å². The fraction of sp³-hybridized carbons (Fsp3) is 0.318. The molecule has 0 unspecified atom stereocenters. The van der Waals surface area contributed by atoms with E-state index in [1.807, 2.05) is 13.8 Å². The number of aryl methyl sites for hydroxylation is 2. The molecule has 2 aromatic rings. The maximum Gasteiger partial charge on any atom is 0.302 e. The van der Waals surface area contributed by atoms with Crippen molar-refractivity contribution in [1.82, 2.24) is 4.31 Å². The van der Waals surface area contributed by atoms with Crippen LogP contribution < -0.4 is 0 Å². The molecular formula is C22H25NO6S2. The Hall–Kier alpha value is -2.65. The van der Waals surface area contributed by atoms with Crippen molar-refractivity contribution >= 4 is 25.8 Å². The average molecular weight is 464 g/mol. The van der Waals surface area contributed by atoms with Gasteiger partial charge in [0.25, 0.3) is 10.0 Å². The highest BCUT2D eigenvalue weighted by Crippen LogP contribution is 2.30. The largest absolute Gasteiger partial charge is 0.464 e. The Morgan fingerprint density at radius 1 is 0.935 bits per heavy atom. The molecular weight excluding hydrogens is 438 g/mol.